The smallest absolute Gasteiger partial charge is 0.225 e. The molecule has 0 radical (unpaired) electrons. The Labute approximate surface area is 218 Å². The standard InChI is InChI=1S/C25H46N6O.HI/c1-2-26-25(28-23-11-13-30(20-23)19-21-7-3-4-8-21)27-12-14-29-15-17-31(18-16-29)24(32)22-9-5-6-10-22;/h21-23H,2-20H2,1H3,(H2,26,27,28);1H. The van der Waals surface area contributed by atoms with E-state index >= 15 is 0 Å². The zero-order valence-electron chi connectivity index (χ0n) is 20.8. The lowest BCUT2D eigenvalue weighted by atomic mass is 10.1. The van der Waals surface area contributed by atoms with Crippen molar-refractivity contribution in [3.05, 3.63) is 0 Å². The van der Waals surface area contributed by atoms with Crippen LogP contribution in [0.3, 0.4) is 0 Å². The fourth-order valence-corrected chi connectivity index (χ4v) is 6.11. The molecule has 2 saturated heterocycles. The summed E-state index contributed by atoms with van der Waals surface area (Å²) in [7, 11) is 0. The van der Waals surface area contributed by atoms with Gasteiger partial charge in [0, 0.05) is 70.9 Å². The van der Waals surface area contributed by atoms with E-state index in [1.54, 1.807) is 0 Å². The zero-order chi connectivity index (χ0) is 22.2. The molecule has 8 heteroatoms. The fraction of sp³-hybridized carbons (Fsp3) is 0.920. The average molecular weight is 575 g/mol. The molecule has 2 N–H and O–H groups in total. The average Bonchev–Trinajstić information content (AvgIpc) is 3.58. The Morgan fingerprint density at radius 1 is 0.909 bits per heavy atom. The highest BCUT2D eigenvalue weighted by molar-refractivity contribution is 14.0. The Morgan fingerprint density at radius 3 is 2.30 bits per heavy atom. The molecule has 2 aliphatic carbocycles. The van der Waals surface area contributed by atoms with Gasteiger partial charge in [0.2, 0.25) is 5.91 Å². The highest BCUT2D eigenvalue weighted by Crippen LogP contribution is 2.27. The minimum Gasteiger partial charge on any atom is -0.357 e. The van der Waals surface area contributed by atoms with Crippen molar-refractivity contribution < 1.29 is 4.79 Å². The number of rotatable bonds is 8. The van der Waals surface area contributed by atoms with Crippen LogP contribution in [0.15, 0.2) is 4.99 Å². The van der Waals surface area contributed by atoms with Crippen LogP contribution in [-0.4, -0.2) is 98.1 Å². The van der Waals surface area contributed by atoms with E-state index in [9.17, 15) is 4.79 Å². The molecule has 0 aromatic rings. The quantitative estimate of drug-likeness (QED) is 0.265. The Kier molecular flexibility index (Phi) is 11.5. The van der Waals surface area contributed by atoms with Crippen LogP contribution in [0.25, 0.3) is 0 Å². The number of guanidine groups is 1. The minimum absolute atomic E-state index is 0. The summed E-state index contributed by atoms with van der Waals surface area (Å²) in [6, 6.07) is 0.513. The molecule has 4 aliphatic rings. The predicted octanol–water partition coefficient (Wildman–Crippen LogP) is 2.76. The first kappa shape index (κ1) is 27.0. The van der Waals surface area contributed by atoms with Gasteiger partial charge in [-0.15, -0.1) is 24.0 Å². The fourth-order valence-electron chi connectivity index (χ4n) is 6.11. The van der Waals surface area contributed by atoms with Crippen molar-refractivity contribution in [2.45, 2.75) is 70.8 Å². The van der Waals surface area contributed by atoms with E-state index in [0.29, 0.717) is 17.9 Å². The van der Waals surface area contributed by atoms with Crippen LogP contribution in [0.5, 0.6) is 0 Å². The third-order valence-corrected chi connectivity index (χ3v) is 8.02. The van der Waals surface area contributed by atoms with Crippen molar-refractivity contribution in [3.8, 4) is 0 Å². The summed E-state index contributed by atoms with van der Waals surface area (Å²) in [5.74, 6) is 2.63. The van der Waals surface area contributed by atoms with E-state index in [-0.39, 0.29) is 24.0 Å². The van der Waals surface area contributed by atoms with Crippen LogP contribution in [-0.2, 0) is 4.79 Å². The number of likely N-dealkylation sites (tertiary alicyclic amines) is 1. The SMILES string of the molecule is CCNC(=NCCN1CCN(C(=O)C2CCCC2)CC1)NC1CCN(CC2CCCC2)C1.I. The summed E-state index contributed by atoms with van der Waals surface area (Å²) in [5, 5.41) is 7.13. The number of aliphatic imine (C=N–C) groups is 1. The topological polar surface area (TPSA) is 63.2 Å². The van der Waals surface area contributed by atoms with Gasteiger partial charge in [-0.3, -0.25) is 14.7 Å². The first-order valence-electron chi connectivity index (χ1n) is 13.5. The first-order chi connectivity index (χ1) is 15.7. The molecular formula is C25H47IN6O. The van der Waals surface area contributed by atoms with E-state index < -0.39 is 0 Å². The van der Waals surface area contributed by atoms with Crippen LogP contribution in [0.2, 0.25) is 0 Å². The van der Waals surface area contributed by atoms with Gasteiger partial charge >= 0.3 is 0 Å². The van der Waals surface area contributed by atoms with Gasteiger partial charge in [0.25, 0.3) is 0 Å². The number of carbonyl (C=O) groups excluding carboxylic acids is 1. The summed E-state index contributed by atoms with van der Waals surface area (Å²) >= 11 is 0. The molecule has 0 aromatic carbocycles. The van der Waals surface area contributed by atoms with Crippen molar-refractivity contribution in [2.24, 2.45) is 16.8 Å². The number of nitrogens with one attached hydrogen (secondary N) is 2. The molecule has 1 amide bonds. The van der Waals surface area contributed by atoms with Crippen LogP contribution in [0, 0.1) is 11.8 Å². The molecule has 0 bridgehead atoms. The number of hydrogen-bond acceptors (Lipinski definition) is 4. The van der Waals surface area contributed by atoms with Gasteiger partial charge in [0.1, 0.15) is 0 Å². The minimum atomic E-state index is 0. The molecule has 0 spiro atoms. The Bertz CT molecular complexity index is 612. The maximum Gasteiger partial charge on any atom is 0.225 e. The van der Waals surface area contributed by atoms with Gasteiger partial charge in [-0.05, 0) is 44.9 Å². The molecule has 1 unspecified atom stereocenters. The number of nitrogens with zero attached hydrogens (tertiary/aromatic N) is 4. The van der Waals surface area contributed by atoms with E-state index in [1.165, 1.54) is 58.0 Å². The second kappa shape index (κ2) is 14.1. The molecule has 2 aliphatic heterocycles. The van der Waals surface area contributed by atoms with Gasteiger partial charge < -0.3 is 20.4 Å². The number of halogens is 1. The van der Waals surface area contributed by atoms with Gasteiger partial charge in [0.15, 0.2) is 5.96 Å². The maximum absolute atomic E-state index is 12.6. The molecule has 33 heavy (non-hydrogen) atoms. The van der Waals surface area contributed by atoms with Crippen molar-refractivity contribution >= 4 is 35.8 Å². The largest absolute Gasteiger partial charge is 0.357 e. The first-order valence-corrected chi connectivity index (χ1v) is 13.5. The Morgan fingerprint density at radius 2 is 1.61 bits per heavy atom. The lowest BCUT2D eigenvalue weighted by Crippen LogP contribution is -2.50. The molecule has 190 valence electrons. The Hall–Kier alpha value is -0.610. The van der Waals surface area contributed by atoms with E-state index in [0.717, 1.165) is 77.1 Å². The molecule has 2 heterocycles. The van der Waals surface area contributed by atoms with Crippen molar-refractivity contribution in [3.63, 3.8) is 0 Å². The zero-order valence-corrected chi connectivity index (χ0v) is 23.1. The highest BCUT2D eigenvalue weighted by atomic mass is 127. The third-order valence-electron chi connectivity index (χ3n) is 8.02. The molecule has 1 atom stereocenters. The Balaban J connectivity index is 0.00000306. The monoisotopic (exact) mass is 574 g/mol. The van der Waals surface area contributed by atoms with Crippen LogP contribution in [0.1, 0.15) is 64.7 Å². The van der Waals surface area contributed by atoms with E-state index in [1.807, 2.05) is 0 Å². The van der Waals surface area contributed by atoms with E-state index in [4.69, 9.17) is 4.99 Å². The van der Waals surface area contributed by atoms with Gasteiger partial charge in [0.05, 0.1) is 6.54 Å². The molecule has 0 aromatic heterocycles. The van der Waals surface area contributed by atoms with Crippen LogP contribution in [0.4, 0.5) is 0 Å². The normalized spacial score (nSPS) is 26.0. The van der Waals surface area contributed by atoms with Crippen molar-refractivity contribution in [1.29, 1.82) is 0 Å². The van der Waals surface area contributed by atoms with Crippen molar-refractivity contribution in [1.82, 2.24) is 25.3 Å². The number of carbonyl (C=O) groups is 1. The van der Waals surface area contributed by atoms with Gasteiger partial charge in [-0.25, -0.2) is 0 Å². The van der Waals surface area contributed by atoms with Crippen LogP contribution < -0.4 is 10.6 Å². The summed E-state index contributed by atoms with van der Waals surface area (Å²) in [6.45, 7) is 12.2. The van der Waals surface area contributed by atoms with Crippen molar-refractivity contribution in [2.75, 3.05) is 65.4 Å². The summed E-state index contributed by atoms with van der Waals surface area (Å²) < 4.78 is 0. The highest BCUT2D eigenvalue weighted by Gasteiger charge is 2.29. The lowest BCUT2D eigenvalue weighted by Gasteiger charge is -2.35. The number of hydrogen-bond donors (Lipinski definition) is 2. The molecule has 2 saturated carbocycles. The molecule has 4 fully saturated rings. The second-order valence-electron chi connectivity index (χ2n) is 10.4. The van der Waals surface area contributed by atoms with Gasteiger partial charge in [-0.1, -0.05) is 25.7 Å². The molecule has 7 nitrogen and oxygen atoms in total. The molecular weight excluding hydrogens is 527 g/mol. The third kappa shape index (κ3) is 8.23. The summed E-state index contributed by atoms with van der Waals surface area (Å²) in [5.41, 5.74) is 0. The number of amides is 1. The second-order valence-corrected chi connectivity index (χ2v) is 10.4. The lowest BCUT2D eigenvalue weighted by molar-refractivity contribution is -0.137. The van der Waals surface area contributed by atoms with Crippen LogP contribution >= 0.6 is 24.0 Å². The summed E-state index contributed by atoms with van der Waals surface area (Å²) in [6.07, 6.45) is 11.6. The predicted molar refractivity (Wildman–Crippen MR) is 146 cm³/mol. The number of piperazine rings is 1. The van der Waals surface area contributed by atoms with Gasteiger partial charge in [-0.2, -0.15) is 0 Å². The molecule has 4 rings (SSSR count). The summed E-state index contributed by atoms with van der Waals surface area (Å²) in [4.78, 5) is 24.7. The van der Waals surface area contributed by atoms with E-state index in [2.05, 4.69) is 32.3 Å². The maximum atomic E-state index is 12.6.